The van der Waals surface area contributed by atoms with E-state index < -0.39 is 0 Å². The first kappa shape index (κ1) is 23.1. The highest BCUT2D eigenvalue weighted by Crippen LogP contribution is 2.28. The number of carbonyl (C=O) groups is 2. The van der Waals surface area contributed by atoms with Crippen LogP contribution in [0.4, 0.5) is 0 Å². The average Bonchev–Trinajstić information content (AvgIpc) is 3.40. The molecule has 0 saturated carbocycles. The summed E-state index contributed by atoms with van der Waals surface area (Å²) in [6.45, 7) is 4.00. The molecule has 33 heavy (non-hydrogen) atoms. The van der Waals surface area contributed by atoms with Crippen LogP contribution < -0.4 is 5.32 Å². The quantitative estimate of drug-likeness (QED) is 0.494. The summed E-state index contributed by atoms with van der Waals surface area (Å²) in [5.41, 5.74) is 2.80. The van der Waals surface area contributed by atoms with Gasteiger partial charge < -0.3 is 10.2 Å². The van der Waals surface area contributed by atoms with Crippen LogP contribution in [0.2, 0.25) is 0 Å². The van der Waals surface area contributed by atoms with E-state index in [0.29, 0.717) is 17.1 Å². The Hall–Kier alpha value is -3.12. The Balaban J connectivity index is 1.47. The van der Waals surface area contributed by atoms with Gasteiger partial charge in [-0.1, -0.05) is 72.4 Å². The Bertz CT molecular complexity index is 1030. The molecule has 2 heterocycles. The number of thioether (sulfide) groups is 1. The Morgan fingerprint density at radius 1 is 0.939 bits per heavy atom. The molecule has 2 amide bonds. The highest BCUT2D eigenvalue weighted by molar-refractivity contribution is 8.00. The molecule has 1 atom stereocenters. The number of nitrogens with zero attached hydrogens (tertiary/aromatic N) is 2. The Morgan fingerprint density at radius 2 is 1.55 bits per heavy atom. The number of benzene rings is 2. The van der Waals surface area contributed by atoms with Crippen molar-refractivity contribution in [2.75, 3.05) is 19.6 Å². The second-order valence-electron chi connectivity index (χ2n) is 8.23. The first-order chi connectivity index (χ1) is 16.1. The number of likely N-dealkylation sites (tertiary alicyclic amines) is 1. The third-order valence-electron chi connectivity index (χ3n) is 5.94. The third-order valence-corrected chi connectivity index (χ3v) is 7.04. The molecule has 1 fully saturated rings. The van der Waals surface area contributed by atoms with Crippen molar-refractivity contribution in [3.63, 3.8) is 0 Å². The van der Waals surface area contributed by atoms with Gasteiger partial charge in [0.1, 0.15) is 5.03 Å². The van der Waals surface area contributed by atoms with Crippen molar-refractivity contribution in [2.45, 2.75) is 36.0 Å². The SMILES string of the molecule is CC(Sc1ncccc1C(=O)NCC(c1ccccc1)c1ccccc1)C(=O)N1CCCC1. The smallest absolute Gasteiger partial charge is 0.254 e. The molecule has 2 aromatic carbocycles. The topological polar surface area (TPSA) is 62.3 Å². The van der Waals surface area contributed by atoms with Gasteiger partial charge in [0.25, 0.3) is 5.91 Å². The predicted molar refractivity (Wildman–Crippen MR) is 132 cm³/mol. The molecule has 0 spiro atoms. The van der Waals surface area contributed by atoms with E-state index in [1.807, 2.05) is 48.2 Å². The lowest BCUT2D eigenvalue weighted by atomic mass is 9.91. The van der Waals surface area contributed by atoms with Crippen molar-refractivity contribution in [1.29, 1.82) is 0 Å². The molecule has 4 rings (SSSR count). The summed E-state index contributed by atoms with van der Waals surface area (Å²) in [4.78, 5) is 32.2. The van der Waals surface area contributed by atoms with Crippen LogP contribution >= 0.6 is 11.8 Å². The van der Waals surface area contributed by atoms with Crippen LogP contribution in [0.1, 0.15) is 47.2 Å². The second-order valence-corrected chi connectivity index (χ2v) is 9.56. The van der Waals surface area contributed by atoms with Crippen LogP contribution in [0.5, 0.6) is 0 Å². The van der Waals surface area contributed by atoms with E-state index >= 15 is 0 Å². The van der Waals surface area contributed by atoms with Crippen molar-refractivity contribution in [3.05, 3.63) is 95.7 Å². The predicted octanol–water partition coefficient (Wildman–Crippen LogP) is 4.75. The lowest BCUT2D eigenvalue weighted by molar-refractivity contribution is -0.129. The molecule has 1 unspecified atom stereocenters. The zero-order valence-electron chi connectivity index (χ0n) is 18.8. The van der Waals surface area contributed by atoms with Gasteiger partial charge in [-0.3, -0.25) is 9.59 Å². The maximum Gasteiger partial charge on any atom is 0.254 e. The second kappa shape index (κ2) is 11.1. The highest BCUT2D eigenvalue weighted by atomic mass is 32.2. The van der Waals surface area contributed by atoms with Gasteiger partial charge in [-0.15, -0.1) is 0 Å². The fraction of sp³-hybridized carbons (Fsp3) is 0.296. The highest BCUT2D eigenvalue weighted by Gasteiger charge is 2.26. The van der Waals surface area contributed by atoms with Crippen LogP contribution in [-0.4, -0.2) is 46.6 Å². The summed E-state index contributed by atoms with van der Waals surface area (Å²) in [7, 11) is 0. The fourth-order valence-electron chi connectivity index (χ4n) is 4.16. The van der Waals surface area contributed by atoms with Crippen LogP contribution in [-0.2, 0) is 4.79 Å². The molecule has 1 aromatic heterocycles. The van der Waals surface area contributed by atoms with Gasteiger partial charge >= 0.3 is 0 Å². The third kappa shape index (κ3) is 5.82. The zero-order chi connectivity index (χ0) is 23.0. The van der Waals surface area contributed by atoms with Gasteiger partial charge in [0.15, 0.2) is 0 Å². The van der Waals surface area contributed by atoms with Crippen LogP contribution in [0, 0.1) is 0 Å². The maximum atomic E-state index is 13.2. The van der Waals surface area contributed by atoms with Crippen molar-refractivity contribution in [2.24, 2.45) is 0 Å². The lowest BCUT2D eigenvalue weighted by Gasteiger charge is -2.21. The molecule has 3 aromatic rings. The van der Waals surface area contributed by atoms with E-state index in [4.69, 9.17) is 0 Å². The summed E-state index contributed by atoms with van der Waals surface area (Å²) < 4.78 is 0. The number of rotatable bonds is 8. The van der Waals surface area contributed by atoms with E-state index in [9.17, 15) is 9.59 Å². The van der Waals surface area contributed by atoms with E-state index in [0.717, 1.165) is 37.1 Å². The molecule has 1 saturated heterocycles. The van der Waals surface area contributed by atoms with Gasteiger partial charge in [-0.05, 0) is 43.0 Å². The summed E-state index contributed by atoms with van der Waals surface area (Å²) in [6.07, 6.45) is 3.79. The number of pyridine rings is 1. The van der Waals surface area contributed by atoms with E-state index in [-0.39, 0.29) is 23.0 Å². The van der Waals surface area contributed by atoms with Crippen LogP contribution in [0.3, 0.4) is 0 Å². The Morgan fingerprint density at radius 3 is 2.15 bits per heavy atom. The van der Waals surface area contributed by atoms with Gasteiger partial charge in [-0.2, -0.15) is 0 Å². The molecule has 6 heteroatoms. The van der Waals surface area contributed by atoms with E-state index in [1.165, 1.54) is 11.8 Å². The van der Waals surface area contributed by atoms with Crippen molar-refractivity contribution in [3.8, 4) is 0 Å². The molecule has 1 aliphatic heterocycles. The Labute approximate surface area is 199 Å². The first-order valence-corrected chi connectivity index (χ1v) is 12.3. The van der Waals surface area contributed by atoms with Crippen LogP contribution in [0.25, 0.3) is 0 Å². The minimum Gasteiger partial charge on any atom is -0.351 e. The van der Waals surface area contributed by atoms with E-state index in [1.54, 1.807) is 18.3 Å². The molecule has 1 aliphatic rings. The summed E-state index contributed by atoms with van der Waals surface area (Å²) in [5.74, 6) is -0.0224. The number of hydrogen-bond acceptors (Lipinski definition) is 4. The van der Waals surface area contributed by atoms with Gasteiger partial charge in [-0.25, -0.2) is 4.98 Å². The standard InChI is InChI=1S/C27H29N3O2S/c1-20(27(32)30-17-8-9-18-30)33-26-23(15-10-16-28-26)25(31)29-19-24(21-11-4-2-5-12-21)22-13-6-3-7-14-22/h2-7,10-16,20,24H,8-9,17-19H2,1H3,(H,29,31). The number of hydrogen-bond donors (Lipinski definition) is 1. The molecule has 0 aliphatic carbocycles. The monoisotopic (exact) mass is 459 g/mol. The average molecular weight is 460 g/mol. The number of carbonyl (C=O) groups excluding carboxylic acids is 2. The van der Waals surface area contributed by atoms with E-state index in [2.05, 4.69) is 34.6 Å². The van der Waals surface area contributed by atoms with Gasteiger partial charge in [0.05, 0.1) is 10.8 Å². The normalized spacial score (nSPS) is 14.3. The largest absolute Gasteiger partial charge is 0.351 e. The summed E-state index contributed by atoms with van der Waals surface area (Å²) in [5, 5.41) is 3.41. The van der Waals surface area contributed by atoms with Crippen LogP contribution in [0.15, 0.2) is 84.0 Å². The van der Waals surface area contributed by atoms with Gasteiger partial charge in [0.2, 0.25) is 5.91 Å². The minimum atomic E-state index is -0.286. The zero-order valence-corrected chi connectivity index (χ0v) is 19.6. The van der Waals surface area contributed by atoms with Crippen molar-refractivity contribution < 1.29 is 9.59 Å². The first-order valence-electron chi connectivity index (χ1n) is 11.4. The fourth-order valence-corrected chi connectivity index (χ4v) is 5.15. The summed E-state index contributed by atoms with van der Waals surface area (Å²) >= 11 is 1.36. The molecule has 1 N–H and O–H groups in total. The number of aromatic nitrogens is 1. The minimum absolute atomic E-state index is 0.0415. The molecule has 0 radical (unpaired) electrons. The molecule has 5 nitrogen and oxygen atoms in total. The van der Waals surface area contributed by atoms with Gasteiger partial charge in [0, 0.05) is 31.7 Å². The van der Waals surface area contributed by atoms with Crippen molar-refractivity contribution in [1.82, 2.24) is 15.2 Å². The summed E-state index contributed by atoms with van der Waals surface area (Å²) in [6, 6.07) is 23.9. The molecule has 0 bridgehead atoms. The van der Waals surface area contributed by atoms with Crippen molar-refractivity contribution >= 4 is 23.6 Å². The lowest BCUT2D eigenvalue weighted by Crippen LogP contribution is -2.34. The Kier molecular flexibility index (Phi) is 7.79. The molecular formula is C27H29N3O2S. The molecular weight excluding hydrogens is 430 g/mol. The number of nitrogens with one attached hydrogen (secondary N) is 1. The maximum absolute atomic E-state index is 13.2. The number of amides is 2. The molecule has 170 valence electrons.